The molecule has 3 aromatic rings. The molecule has 1 atom stereocenters. The van der Waals surface area contributed by atoms with Crippen LogP contribution in [0.1, 0.15) is 30.2 Å². The molecule has 0 aliphatic carbocycles. The first-order valence-corrected chi connectivity index (χ1v) is 9.41. The number of hydrogen-bond acceptors (Lipinski definition) is 5. The number of aromatic nitrogens is 2. The summed E-state index contributed by atoms with van der Waals surface area (Å²) in [7, 11) is 0. The molecule has 0 radical (unpaired) electrons. The lowest BCUT2D eigenvalue weighted by Crippen LogP contribution is -2.28. The largest absolute Gasteiger partial charge is 0.421 e. The van der Waals surface area contributed by atoms with Crippen LogP contribution in [0.15, 0.2) is 51.6 Å². The molecule has 1 aromatic carbocycles. The molecule has 5 nitrogen and oxygen atoms in total. The van der Waals surface area contributed by atoms with E-state index in [-0.39, 0.29) is 5.91 Å². The van der Waals surface area contributed by atoms with Gasteiger partial charge < -0.3 is 9.32 Å². The molecule has 1 fully saturated rings. The lowest BCUT2D eigenvalue weighted by Gasteiger charge is -2.16. The van der Waals surface area contributed by atoms with E-state index in [4.69, 9.17) is 4.42 Å². The molecule has 1 aliphatic rings. The first-order valence-electron chi connectivity index (χ1n) is 8.47. The van der Waals surface area contributed by atoms with Gasteiger partial charge in [-0.25, -0.2) is 0 Å². The minimum Gasteiger partial charge on any atom is -0.421 e. The third-order valence-corrected chi connectivity index (χ3v) is 5.28. The molecule has 1 amide bonds. The fraction of sp³-hybridized carbons (Fsp3) is 0.316. The Kier molecular flexibility index (Phi) is 4.61. The molecule has 25 heavy (non-hydrogen) atoms. The van der Waals surface area contributed by atoms with Gasteiger partial charge in [0.25, 0.3) is 0 Å². The molecule has 0 saturated carbocycles. The third kappa shape index (κ3) is 3.64. The van der Waals surface area contributed by atoms with Gasteiger partial charge in [0.15, 0.2) is 0 Å². The Morgan fingerprint density at radius 2 is 2.12 bits per heavy atom. The van der Waals surface area contributed by atoms with Gasteiger partial charge in [-0.3, -0.25) is 4.79 Å². The minimum atomic E-state index is 0.161. The van der Waals surface area contributed by atoms with Gasteiger partial charge in [0.2, 0.25) is 17.7 Å². The molecular weight excluding hydrogens is 334 g/mol. The summed E-state index contributed by atoms with van der Waals surface area (Å²) in [6.45, 7) is 1.62. The van der Waals surface area contributed by atoms with E-state index in [0.29, 0.717) is 30.5 Å². The summed E-state index contributed by atoms with van der Waals surface area (Å²) >= 11 is 1.59. The van der Waals surface area contributed by atoms with Gasteiger partial charge in [-0.05, 0) is 23.4 Å². The van der Waals surface area contributed by atoms with E-state index in [9.17, 15) is 4.79 Å². The molecule has 2 aromatic heterocycles. The highest BCUT2D eigenvalue weighted by Gasteiger charge is 2.27. The van der Waals surface area contributed by atoms with Crippen LogP contribution in [0.2, 0.25) is 0 Å². The maximum absolute atomic E-state index is 12.5. The third-order valence-electron chi connectivity index (χ3n) is 4.60. The fourth-order valence-electron chi connectivity index (χ4n) is 3.21. The Morgan fingerprint density at radius 1 is 1.24 bits per heavy atom. The molecule has 1 saturated heterocycles. The molecular formula is C19H19N3O2S. The first-order chi connectivity index (χ1) is 12.3. The van der Waals surface area contributed by atoms with Gasteiger partial charge in [0.05, 0.1) is 0 Å². The van der Waals surface area contributed by atoms with E-state index in [0.717, 1.165) is 25.1 Å². The van der Waals surface area contributed by atoms with E-state index in [2.05, 4.69) is 34.5 Å². The van der Waals surface area contributed by atoms with Crippen molar-refractivity contribution in [2.24, 2.45) is 0 Å². The van der Waals surface area contributed by atoms with Gasteiger partial charge >= 0.3 is 0 Å². The van der Waals surface area contributed by atoms with Crippen molar-refractivity contribution in [3.8, 4) is 11.5 Å². The van der Waals surface area contributed by atoms with Crippen molar-refractivity contribution in [1.29, 1.82) is 0 Å². The van der Waals surface area contributed by atoms with E-state index < -0.39 is 0 Å². The predicted molar refractivity (Wildman–Crippen MR) is 96.3 cm³/mol. The smallest absolute Gasteiger partial charge is 0.248 e. The Balaban J connectivity index is 1.31. The van der Waals surface area contributed by atoms with Gasteiger partial charge in [-0.1, -0.05) is 30.3 Å². The Labute approximate surface area is 150 Å². The molecule has 3 heterocycles. The minimum absolute atomic E-state index is 0.161. The highest BCUT2D eigenvalue weighted by molar-refractivity contribution is 7.08. The van der Waals surface area contributed by atoms with Crippen molar-refractivity contribution in [2.45, 2.75) is 25.2 Å². The summed E-state index contributed by atoms with van der Waals surface area (Å²) in [5, 5.41) is 12.0. The lowest BCUT2D eigenvalue weighted by molar-refractivity contribution is -0.130. The number of hydrogen-bond donors (Lipinski definition) is 0. The summed E-state index contributed by atoms with van der Waals surface area (Å²) in [6.07, 6.45) is 1.92. The number of benzene rings is 1. The van der Waals surface area contributed by atoms with Gasteiger partial charge in [0, 0.05) is 42.8 Å². The highest BCUT2D eigenvalue weighted by Crippen LogP contribution is 2.27. The molecule has 4 rings (SSSR count). The van der Waals surface area contributed by atoms with Crippen LogP contribution < -0.4 is 0 Å². The van der Waals surface area contributed by atoms with E-state index >= 15 is 0 Å². The van der Waals surface area contributed by atoms with Crippen LogP contribution >= 0.6 is 11.3 Å². The van der Waals surface area contributed by atoms with Gasteiger partial charge in [-0.15, -0.1) is 10.2 Å². The molecule has 128 valence electrons. The zero-order chi connectivity index (χ0) is 17.1. The number of amides is 1. The summed E-state index contributed by atoms with van der Waals surface area (Å²) < 4.78 is 5.65. The van der Waals surface area contributed by atoms with E-state index in [1.807, 2.05) is 27.8 Å². The molecule has 0 N–H and O–H groups in total. The standard InChI is InChI=1S/C19H19N3O2S/c23-18(22-10-8-15(12-22)14-4-2-1-3-5-14)7-6-17-20-21-19(24-17)16-9-11-25-13-16/h1-5,9,11,13,15H,6-8,10,12H2/t15-/m0/s1. The average Bonchev–Trinajstić information content (AvgIpc) is 3.41. The van der Waals surface area contributed by atoms with Crippen LogP contribution in [0.5, 0.6) is 0 Å². The number of carbonyl (C=O) groups is 1. The maximum Gasteiger partial charge on any atom is 0.248 e. The quantitative estimate of drug-likeness (QED) is 0.701. The zero-order valence-electron chi connectivity index (χ0n) is 13.8. The summed E-state index contributed by atoms with van der Waals surface area (Å²) in [5.74, 6) is 1.65. The first kappa shape index (κ1) is 16.0. The van der Waals surface area contributed by atoms with Crippen LogP contribution in [0.3, 0.4) is 0 Å². The maximum atomic E-state index is 12.5. The van der Waals surface area contributed by atoms with Gasteiger partial charge in [0.1, 0.15) is 0 Å². The number of rotatable bonds is 5. The second-order valence-corrected chi connectivity index (χ2v) is 7.03. The Bertz CT molecular complexity index is 829. The Morgan fingerprint density at radius 3 is 2.92 bits per heavy atom. The number of aryl methyl sites for hydroxylation is 1. The highest BCUT2D eigenvalue weighted by atomic mass is 32.1. The topological polar surface area (TPSA) is 59.2 Å². The average molecular weight is 353 g/mol. The molecule has 0 bridgehead atoms. The predicted octanol–water partition coefficient (Wildman–Crippen LogP) is 3.75. The number of nitrogens with zero attached hydrogens (tertiary/aromatic N) is 3. The van der Waals surface area contributed by atoms with E-state index in [1.54, 1.807) is 11.3 Å². The summed E-state index contributed by atoms with van der Waals surface area (Å²) in [4.78, 5) is 14.4. The van der Waals surface area contributed by atoms with E-state index in [1.165, 1.54) is 5.56 Å². The van der Waals surface area contributed by atoms with Crippen molar-refractivity contribution in [1.82, 2.24) is 15.1 Å². The summed E-state index contributed by atoms with van der Waals surface area (Å²) in [5.41, 5.74) is 2.25. The van der Waals surface area contributed by atoms with Crippen LogP contribution in [-0.4, -0.2) is 34.1 Å². The van der Waals surface area contributed by atoms with Crippen molar-refractivity contribution < 1.29 is 9.21 Å². The van der Waals surface area contributed by atoms with Gasteiger partial charge in [-0.2, -0.15) is 11.3 Å². The lowest BCUT2D eigenvalue weighted by atomic mass is 9.99. The molecule has 0 unspecified atom stereocenters. The summed E-state index contributed by atoms with van der Waals surface area (Å²) in [6, 6.07) is 12.4. The SMILES string of the molecule is O=C(CCc1nnc(-c2ccsc2)o1)N1CC[C@H](c2ccccc2)C1. The normalized spacial score (nSPS) is 17.1. The van der Waals surface area contributed by atoms with Crippen molar-refractivity contribution >= 4 is 17.2 Å². The molecule has 1 aliphatic heterocycles. The van der Waals surface area contributed by atoms with Crippen LogP contribution in [0, 0.1) is 0 Å². The monoisotopic (exact) mass is 353 g/mol. The van der Waals surface area contributed by atoms with Crippen molar-refractivity contribution in [3.05, 3.63) is 58.6 Å². The van der Waals surface area contributed by atoms with Crippen LogP contribution in [0.4, 0.5) is 0 Å². The van der Waals surface area contributed by atoms with Crippen molar-refractivity contribution in [3.63, 3.8) is 0 Å². The second-order valence-electron chi connectivity index (χ2n) is 6.25. The molecule has 6 heteroatoms. The second kappa shape index (κ2) is 7.19. The van der Waals surface area contributed by atoms with Crippen LogP contribution in [0.25, 0.3) is 11.5 Å². The zero-order valence-corrected chi connectivity index (χ0v) is 14.6. The number of likely N-dealkylation sites (tertiary alicyclic amines) is 1. The Hall–Kier alpha value is -2.47. The van der Waals surface area contributed by atoms with Crippen LogP contribution in [-0.2, 0) is 11.2 Å². The number of thiophene rings is 1. The molecule has 0 spiro atoms. The number of carbonyl (C=O) groups excluding carboxylic acids is 1. The van der Waals surface area contributed by atoms with Crippen molar-refractivity contribution in [2.75, 3.05) is 13.1 Å². The fourth-order valence-corrected chi connectivity index (χ4v) is 3.84.